The molecule has 0 radical (unpaired) electrons. The number of ether oxygens (including phenoxy) is 2. The van der Waals surface area contributed by atoms with Gasteiger partial charge in [0.2, 0.25) is 0 Å². The van der Waals surface area contributed by atoms with Crippen molar-refractivity contribution in [2.75, 3.05) is 0 Å². The van der Waals surface area contributed by atoms with Gasteiger partial charge < -0.3 is 14.6 Å². The van der Waals surface area contributed by atoms with Crippen LogP contribution in [0.5, 0.6) is 5.75 Å². The normalized spacial score (nSPS) is 28.4. The zero-order valence-electron chi connectivity index (χ0n) is 13.1. The van der Waals surface area contributed by atoms with Crippen molar-refractivity contribution in [2.24, 2.45) is 0 Å². The molecule has 0 amide bonds. The summed E-state index contributed by atoms with van der Waals surface area (Å²) in [6, 6.07) is 4.41. The molecule has 4 rings (SSSR count). The summed E-state index contributed by atoms with van der Waals surface area (Å²) in [6.45, 7) is 1.95. The van der Waals surface area contributed by atoms with Crippen LogP contribution in [0.1, 0.15) is 46.9 Å². The van der Waals surface area contributed by atoms with E-state index in [1.165, 1.54) is 18.2 Å². The zero-order chi connectivity index (χ0) is 17.0. The van der Waals surface area contributed by atoms with E-state index < -0.39 is 30.1 Å². The predicted octanol–water partition coefficient (Wildman–Crippen LogP) is 1.95. The third-order valence-electron chi connectivity index (χ3n) is 4.75. The first kappa shape index (κ1) is 15.1. The largest absolute Gasteiger partial charge is 0.507 e. The molecule has 3 aliphatic rings. The molecule has 0 spiro atoms. The molecule has 124 valence electrons. The number of phenolic OH excluding ortho intramolecular Hbond substituents is 1. The lowest BCUT2D eigenvalue weighted by molar-refractivity contribution is -0.140. The van der Waals surface area contributed by atoms with Crippen LogP contribution in [0.3, 0.4) is 0 Å². The summed E-state index contributed by atoms with van der Waals surface area (Å²) in [5.41, 5.74) is 0.608. The van der Waals surface area contributed by atoms with Crippen molar-refractivity contribution >= 4 is 17.5 Å². The highest BCUT2D eigenvalue weighted by molar-refractivity contribution is 6.29. The third-order valence-corrected chi connectivity index (χ3v) is 4.75. The SMILES string of the molecule is CCC[C@@H]1O[C@H]2CC(=O)O[C@H]2C2=C1C(=O)c1c(O)cccc1C2=O. The molecule has 3 atom stereocenters. The molecule has 1 N–H and O–H groups in total. The Morgan fingerprint density at radius 2 is 1.96 bits per heavy atom. The highest BCUT2D eigenvalue weighted by Crippen LogP contribution is 2.43. The van der Waals surface area contributed by atoms with E-state index in [1.54, 1.807) is 0 Å². The van der Waals surface area contributed by atoms with Gasteiger partial charge in [0.25, 0.3) is 0 Å². The molecule has 2 heterocycles. The van der Waals surface area contributed by atoms with Gasteiger partial charge in [-0.3, -0.25) is 14.4 Å². The molecular formula is C18H16O6. The second-order valence-corrected chi connectivity index (χ2v) is 6.25. The molecule has 1 saturated heterocycles. The van der Waals surface area contributed by atoms with E-state index in [2.05, 4.69) is 0 Å². The fraction of sp³-hybridized carbons (Fsp3) is 0.389. The van der Waals surface area contributed by atoms with Crippen LogP contribution in [-0.2, 0) is 14.3 Å². The number of phenols is 1. The Hall–Kier alpha value is -2.47. The first-order valence-electron chi connectivity index (χ1n) is 8.03. The zero-order valence-corrected chi connectivity index (χ0v) is 13.1. The summed E-state index contributed by atoms with van der Waals surface area (Å²) in [6.07, 6.45) is -0.558. The van der Waals surface area contributed by atoms with Crippen LogP contribution in [0.15, 0.2) is 29.3 Å². The van der Waals surface area contributed by atoms with Crippen LogP contribution in [0.4, 0.5) is 0 Å². The van der Waals surface area contributed by atoms with E-state index in [-0.39, 0.29) is 40.2 Å². The van der Waals surface area contributed by atoms with Crippen LogP contribution in [0.2, 0.25) is 0 Å². The molecule has 0 bridgehead atoms. The third kappa shape index (κ3) is 1.96. The molecule has 24 heavy (non-hydrogen) atoms. The molecule has 1 aliphatic carbocycles. The van der Waals surface area contributed by atoms with Crippen LogP contribution >= 0.6 is 0 Å². The Morgan fingerprint density at radius 1 is 1.17 bits per heavy atom. The Bertz CT molecular complexity index is 806. The maximum atomic E-state index is 13.0. The van der Waals surface area contributed by atoms with Gasteiger partial charge in [-0.05, 0) is 12.5 Å². The lowest BCUT2D eigenvalue weighted by atomic mass is 9.76. The molecule has 6 heteroatoms. The quantitative estimate of drug-likeness (QED) is 0.835. The van der Waals surface area contributed by atoms with Crippen LogP contribution in [0.25, 0.3) is 0 Å². The lowest BCUT2D eigenvalue weighted by Crippen LogP contribution is -2.45. The summed E-state index contributed by atoms with van der Waals surface area (Å²) >= 11 is 0. The number of carbonyl (C=O) groups is 3. The number of ketones is 2. The summed E-state index contributed by atoms with van der Waals surface area (Å²) in [7, 11) is 0. The van der Waals surface area contributed by atoms with Crippen molar-refractivity contribution in [1.82, 2.24) is 0 Å². The van der Waals surface area contributed by atoms with Crippen molar-refractivity contribution in [2.45, 2.75) is 44.5 Å². The standard InChI is InChI=1S/C18H16O6/c1-2-4-10-14-15(18-11(23-10)7-12(20)24-18)16(21)8-5-3-6-9(19)13(8)17(14)22/h3,5-6,10-11,18-19H,2,4,7H2,1H3/t10-,11-,18+/m0/s1. The Balaban J connectivity index is 1.92. The maximum absolute atomic E-state index is 13.0. The Kier molecular flexibility index (Phi) is 3.31. The average Bonchev–Trinajstić information content (AvgIpc) is 2.91. The molecule has 1 fully saturated rings. The Labute approximate surface area is 138 Å². The molecule has 1 aromatic carbocycles. The first-order valence-corrected chi connectivity index (χ1v) is 8.03. The Morgan fingerprint density at radius 3 is 2.71 bits per heavy atom. The summed E-state index contributed by atoms with van der Waals surface area (Å²) < 4.78 is 11.2. The van der Waals surface area contributed by atoms with Gasteiger partial charge in [-0.1, -0.05) is 25.5 Å². The van der Waals surface area contributed by atoms with Gasteiger partial charge in [0.05, 0.1) is 23.7 Å². The van der Waals surface area contributed by atoms with Gasteiger partial charge in [0, 0.05) is 11.1 Å². The molecule has 0 aromatic heterocycles. The van der Waals surface area contributed by atoms with Crippen LogP contribution in [-0.4, -0.2) is 41.0 Å². The van der Waals surface area contributed by atoms with E-state index in [4.69, 9.17) is 9.47 Å². The number of esters is 1. The van der Waals surface area contributed by atoms with Gasteiger partial charge >= 0.3 is 5.97 Å². The van der Waals surface area contributed by atoms with Crippen LogP contribution < -0.4 is 0 Å². The highest BCUT2D eigenvalue weighted by Gasteiger charge is 2.51. The predicted molar refractivity (Wildman–Crippen MR) is 81.9 cm³/mol. The minimum Gasteiger partial charge on any atom is -0.507 e. The molecular weight excluding hydrogens is 312 g/mol. The van der Waals surface area contributed by atoms with E-state index in [1.807, 2.05) is 6.92 Å². The average molecular weight is 328 g/mol. The van der Waals surface area contributed by atoms with Gasteiger partial charge in [-0.15, -0.1) is 0 Å². The maximum Gasteiger partial charge on any atom is 0.309 e. The van der Waals surface area contributed by atoms with Gasteiger partial charge in [-0.25, -0.2) is 0 Å². The molecule has 0 unspecified atom stereocenters. The minimum atomic E-state index is -0.840. The number of hydrogen-bond donors (Lipinski definition) is 1. The second-order valence-electron chi connectivity index (χ2n) is 6.25. The summed E-state index contributed by atoms with van der Waals surface area (Å²) in [5.74, 6) is -1.45. The van der Waals surface area contributed by atoms with Gasteiger partial charge in [0.15, 0.2) is 17.7 Å². The fourth-order valence-electron chi connectivity index (χ4n) is 3.75. The van der Waals surface area contributed by atoms with Crippen LogP contribution in [0, 0.1) is 0 Å². The minimum absolute atomic E-state index is 0.00808. The molecule has 6 nitrogen and oxygen atoms in total. The lowest BCUT2D eigenvalue weighted by Gasteiger charge is -2.36. The summed E-state index contributed by atoms with van der Waals surface area (Å²) in [5, 5.41) is 10.1. The number of benzene rings is 1. The topological polar surface area (TPSA) is 89.9 Å². The van der Waals surface area contributed by atoms with Gasteiger partial charge in [-0.2, -0.15) is 0 Å². The monoisotopic (exact) mass is 328 g/mol. The van der Waals surface area contributed by atoms with Crippen molar-refractivity contribution in [1.29, 1.82) is 0 Å². The number of hydrogen-bond acceptors (Lipinski definition) is 6. The molecule has 0 saturated carbocycles. The van der Waals surface area contributed by atoms with E-state index in [9.17, 15) is 19.5 Å². The van der Waals surface area contributed by atoms with E-state index in [0.717, 1.165) is 6.42 Å². The fourth-order valence-corrected chi connectivity index (χ4v) is 3.75. The van der Waals surface area contributed by atoms with Gasteiger partial charge in [0.1, 0.15) is 11.9 Å². The number of Topliss-reactive ketones (excluding diaryl/α,β-unsaturated/α-hetero) is 2. The van der Waals surface area contributed by atoms with E-state index >= 15 is 0 Å². The highest BCUT2D eigenvalue weighted by atomic mass is 16.6. The molecule has 2 aliphatic heterocycles. The number of rotatable bonds is 2. The molecule has 1 aromatic rings. The number of carbonyl (C=O) groups excluding carboxylic acids is 3. The summed E-state index contributed by atoms with van der Waals surface area (Å²) in [4.78, 5) is 37.6. The van der Waals surface area contributed by atoms with Crippen molar-refractivity contribution in [3.63, 3.8) is 0 Å². The van der Waals surface area contributed by atoms with Crippen molar-refractivity contribution in [3.05, 3.63) is 40.5 Å². The smallest absolute Gasteiger partial charge is 0.309 e. The van der Waals surface area contributed by atoms with Crippen molar-refractivity contribution < 1.29 is 29.0 Å². The first-order chi connectivity index (χ1) is 11.5. The second kappa shape index (κ2) is 5.27. The number of fused-ring (bicyclic) bond motifs is 3. The van der Waals surface area contributed by atoms with Crippen molar-refractivity contribution in [3.8, 4) is 5.75 Å². The van der Waals surface area contributed by atoms with E-state index in [0.29, 0.717) is 6.42 Å². The number of aromatic hydroxyl groups is 1.